The first-order valence-electron chi connectivity index (χ1n) is 6.05. The molecular formula is C12H18N2O6. The van der Waals surface area contributed by atoms with Gasteiger partial charge in [0.15, 0.2) is 0 Å². The summed E-state index contributed by atoms with van der Waals surface area (Å²) in [5, 5.41) is 3.84. The third kappa shape index (κ3) is 4.79. The van der Waals surface area contributed by atoms with Crippen molar-refractivity contribution in [3.63, 3.8) is 0 Å². The highest BCUT2D eigenvalue weighted by atomic mass is 16.6. The van der Waals surface area contributed by atoms with Gasteiger partial charge >= 0.3 is 5.97 Å². The van der Waals surface area contributed by atoms with Crippen molar-refractivity contribution < 1.29 is 28.7 Å². The standard InChI is InChI=1S/C12H18N2O6/c1-5-8(16)13-10(18)12(4,20-7(3)15)11(19)14-9(17)6-2/h5-6H2,1-4H3,(H,13,16,18)(H,14,17,19). The quantitative estimate of drug-likeness (QED) is 0.515. The number of nitrogens with one attached hydrogen (secondary N) is 2. The molecular weight excluding hydrogens is 268 g/mol. The smallest absolute Gasteiger partial charge is 0.304 e. The lowest BCUT2D eigenvalue weighted by atomic mass is 10.0. The summed E-state index contributed by atoms with van der Waals surface area (Å²) in [4.78, 5) is 57.2. The Morgan fingerprint density at radius 3 is 1.50 bits per heavy atom. The molecule has 0 aromatic carbocycles. The maximum atomic E-state index is 11.9. The molecule has 0 aromatic heterocycles. The molecule has 0 saturated heterocycles. The molecule has 2 N–H and O–H groups in total. The van der Waals surface area contributed by atoms with E-state index >= 15 is 0 Å². The van der Waals surface area contributed by atoms with Gasteiger partial charge in [-0.25, -0.2) is 0 Å². The molecule has 20 heavy (non-hydrogen) atoms. The van der Waals surface area contributed by atoms with Gasteiger partial charge in [0.25, 0.3) is 17.4 Å². The van der Waals surface area contributed by atoms with Crippen LogP contribution in [0.25, 0.3) is 0 Å². The minimum absolute atomic E-state index is 0.0113. The number of hydrogen-bond donors (Lipinski definition) is 2. The molecule has 8 heteroatoms. The van der Waals surface area contributed by atoms with Crippen LogP contribution in [0, 0.1) is 0 Å². The lowest BCUT2D eigenvalue weighted by molar-refractivity contribution is -0.172. The SMILES string of the molecule is CCC(=O)NC(=O)C(C)(OC(C)=O)C(=O)NC(=O)CC. The average molecular weight is 286 g/mol. The molecule has 0 fully saturated rings. The zero-order valence-electron chi connectivity index (χ0n) is 11.9. The van der Waals surface area contributed by atoms with Crippen molar-refractivity contribution in [3.8, 4) is 0 Å². The summed E-state index contributed by atoms with van der Waals surface area (Å²) in [5.41, 5.74) is -2.29. The van der Waals surface area contributed by atoms with Gasteiger partial charge in [-0.2, -0.15) is 0 Å². The zero-order chi connectivity index (χ0) is 15.9. The molecule has 0 rings (SSSR count). The van der Waals surface area contributed by atoms with E-state index in [-0.39, 0.29) is 12.8 Å². The fourth-order valence-electron chi connectivity index (χ4n) is 1.15. The van der Waals surface area contributed by atoms with E-state index in [1.165, 1.54) is 13.8 Å². The molecule has 112 valence electrons. The third-order valence-electron chi connectivity index (χ3n) is 2.36. The topological polar surface area (TPSA) is 119 Å². The Morgan fingerprint density at radius 2 is 1.25 bits per heavy atom. The van der Waals surface area contributed by atoms with Gasteiger partial charge in [-0.1, -0.05) is 13.8 Å². The Bertz CT molecular complexity index is 413. The average Bonchev–Trinajstić information content (AvgIpc) is 2.36. The number of imide groups is 2. The molecule has 0 atom stereocenters. The van der Waals surface area contributed by atoms with Crippen molar-refractivity contribution in [2.75, 3.05) is 0 Å². The molecule has 0 heterocycles. The molecule has 0 aliphatic rings. The summed E-state index contributed by atoms with van der Waals surface area (Å²) in [6.45, 7) is 5.02. The normalized spacial score (nSPS) is 10.4. The van der Waals surface area contributed by atoms with E-state index in [4.69, 9.17) is 0 Å². The molecule has 0 radical (unpaired) electrons. The third-order valence-corrected chi connectivity index (χ3v) is 2.36. The first-order chi connectivity index (χ1) is 9.17. The molecule has 0 aliphatic carbocycles. The molecule has 0 aliphatic heterocycles. The minimum Gasteiger partial charge on any atom is -0.439 e. The highest BCUT2D eigenvalue weighted by molar-refractivity contribution is 6.16. The Labute approximate surface area is 116 Å². The van der Waals surface area contributed by atoms with Crippen molar-refractivity contribution in [1.29, 1.82) is 0 Å². The van der Waals surface area contributed by atoms with Gasteiger partial charge < -0.3 is 4.74 Å². The molecule has 8 nitrogen and oxygen atoms in total. The van der Waals surface area contributed by atoms with Crippen LogP contribution in [-0.4, -0.2) is 35.2 Å². The Kier molecular flexibility index (Phi) is 6.54. The van der Waals surface area contributed by atoms with Crippen molar-refractivity contribution in [3.05, 3.63) is 0 Å². The van der Waals surface area contributed by atoms with Gasteiger partial charge in [-0.15, -0.1) is 0 Å². The number of esters is 1. The largest absolute Gasteiger partial charge is 0.439 e. The molecule has 0 spiro atoms. The van der Waals surface area contributed by atoms with Crippen molar-refractivity contribution >= 4 is 29.6 Å². The van der Waals surface area contributed by atoms with E-state index in [1.54, 1.807) is 0 Å². The molecule has 0 aromatic rings. The Balaban J connectivity index is 5.22. The van der Waals surface area contributed by atoms with Crippen LogP contribution in [0.2, 0.25) is 0 Å². The van der Waals surface area contributed by atoms with Crippen LogP contribution in [0.3, 0.4) is 0 Å². The van der Waals surface area contributed by atoms with Crippen LogP contribution in [0.5, 0.6) is 0 Å². The summed E-state index contributed by atoms with van der Waals surface area (Å²) in [6.07, 6.45) is 0.0226. The highest BCUT2D eigenvalue weighted by Crippen LogP contribution is 2.12. The summed E-state index contributed by atoms with van der Waals surface area (Å²) in [7, 11) is 0. The van der Waals surface area contributed by atoms with Gasteiger partial charge in [-0.3, -0.25) is 34.6 Å². The predicted octanol–water partition coefficient (Wildman–Crippen LogP) is -0.586. The van der Waals surface area contributed by atoms with Crippen molar-refractivity contribution in [2.24, 2.45) is 0 Å². The Morgan fingerprint density at radius 1 is 0.900 bits per heavy atom. The maximum absolute atomic E-state index is 11.9. The highest BCUT2D eigenvalue weighted by Gasteiger charge is 2.46. The summed E-state index contributed by atoms with van der Waals surface area (Å²) >= 11 is 0. The number of amides is 4. The predicted molar refractivity (Wildman–Crippen MR) is 67.1 cm³/mol. The van der Waals surface area contributed by atoms with Gasteiger partial charge in [0.2, 0.25) is 11.8 Å². The number of carbonyl (C=O) groups excluding carboxylic acids is 5. The first kappa shape index (κ1) is 17.8. The fourth-order valence-corrected chi connectivity index (χ4v) is 1.15. The van der Waals surface area contributed by atoms with E-state index in [1.807, 2.05) is 10.6 Å². The fraction of sp³-hybridized carbons (Fsp3) is 0.583. The van der Waals surface area contributed by atoms with Crippen LogP contribution in [0.4, 0.5) is 0 Å². The minimum atomic E-state index is -2.29. The van der Waals surface area contributed by atoms with Crippen molar-refractivity contribution in [2.45, 2.75) is 46.1 Å². The van der Waals surface area contributed by atoms with Gasteiger partial charge in [0, 0.05) is 19.8 Å². The van der Waals surface area contributed by atoms with Gasteiger partial charge in [0.1, 0.15) is 0 Å². The second-order valence-electron chi connectivity index (χ2n) is 4.09. The summed E-state index contributed by atoms with van der Waals surface area (Å²) in [5.74, 6) is -4.39. The molecule has 4 amide bonds. The van der Waals surface area contributed by atoms with E-state index < -0.39 is 35.2 Å². The molecule has 0 unspecified atom stereocenters. The summed E-state index contributed by atoms with van der Waals surface area (Å²) < 4.78 is 4.68. The van der Waals surface area contributed by atoms with E-state index in [0.717, 1.165) is 13.8 Å². The maximum Gasteiger partial charge on any atom is 0.304 e. The van der Waals surface area contributed by atoms with Crippen LogP contribution >= 0.6 is 0 Å². The summed E-state index contributed by atoms with van der Waals surface area (Å²) in [6, 6.07) is 0. The number of rotatable bonds is 5. The number of ether oxygens (including phenoxy) is 1. The van der Waals surface area contributed by atoms with Crippen molar-refractivity contribution in [1.82, 2.24) is 10.6 Å². The van der Waals surface area contributed by atoms with Crippen LogP contribution in [-0.2, 0) is 28.7 Å². The number of hydrogen-bond acceptors (Lipinski definition) is 6. The molecule has 0 bridgehead atoms. The van der Waals surface area contributed by atoms with E-state index in [2.05, 4.69) is 4.74 Å². The first-order valence-corrected chi connectivity index (χ1v) is 6.05. The van der Waals surface area contributed by atoms with Crippen LogP contribution in [0.15, 0.2) is 0 Å². The van der Waals surface area contributed by atoms with Gasteiger partial charge in [-0.05, 0) is 6.92 Å². The second kappa shape index (κ2) is 7.37. The van der Waals surface area contributed by atoms with Gasteiger partial charge in [0.05, 0.1) is 0 Å². The second-order valence-corrected chi connectivity index (χ2v) is 4.09. The number of carbonyl (C=O) groups is 5. The van der Waals surface area contributed by atoms with E-state index in [9.17, 15) is 24.0 Å². The monoisotopic (exact) mass is 286 g/mol. The lowest BCUT2D eigenvalue weighted by Gasteiger charge is -2.25. The molecule has 0 saturated carbocycles. The Hall–Kier alpha value is -2.25. The van der Waals surface area contributed by atoms with Crippen LogP contribution in [0.1, 0.15) is 40.5 Å². The van der Waals surface area contributed by atoms with E-state index in [0.29, 0.717) is 0 Å². The zero-order valence-corrected chi connectivity index (χ0v) is 11.9. The lowest BCUT2D eigenvalue weighted by Crippen LogP contribution is -2.59. The van der Waals surface area contributed by atoms with Crippen LogP contribution < -0.4 is 10.6 Å².